The lowest BCUT2D eigenvalue weighted by Crippen LogP contribution is -2.31. The van der Waals surface area contributed by atoms with Crippen molar-refractivity contribution in [1.82, 2.24) is 15.3 Å². The number of hydrogen-bond acceptors (Lipinski definition) is 6. The van der Waals surface area contributed by atoms with Gasteiger partial charge in [0.25, 0.3) is 5.91 Å². The molecule has 4 rings (SSSR count). The first-order valence-corrected chi connectivity index (χ1v) is 10.4. The molecule has 7 nitrogen and oxygen atoms in total. The average Bonchev–Trinajstić information content (AvgIpc) is 2.79. The number of fused-ring (bicyclic) bond motifs is 1. The summed E-state index contributed by atoms with van der Waals surface area (Å²) in [7, 11) is 0. The van der Waals surface area contributed by atoms with Gasteiger partial charge in [-0.25, -0.2) is 14.4 Å². The van der Waals surface area contributed by atoms with Gasteiger partial charge in [-0.3, -0.25) is 4.79 Å². The molecule has 3 heterocycles. The molecule has 0 unspecified atom stereocenters. The molecule has 1 saturated heterocycles. The summed E-state index contributed by atoms with van der Waals surface area (Å²) in [5.41, 5.74) is 1.21. The molecular weight excluding hydrogens is 423 g/mol. The molecule has 0 saturated carbocycles. The van der Waals surface area contributed by atoms with Crippen LogP contribution in [-0.2, 0) is 4.74 Å². The van der Waals surface area contributed by atoms with Gasteiger partial charge in [0.1, 0.15) is 17.3 Å². The normalized spacial score (nSPS) is 15.6. The van der Waals surface area contributed by atoms with E-state index in [4.69, 9.17) is 16.3 Å². The van der Waals surface area contributed by atoms with Crippen LogP contribution in [-0.4, -0.2) is 46.8 Å². The molecule has 1 atom stereocenters. The van der Waals surface area contributed by atoms with Crippen LogP contribution in [0.2, 0.25) is 5.02 Å². The Kier molecular flexibility index (Phi) is 6.60. The number of halogens is 2. The van der Waals surface area contributed by atoms with Crippen molar-refractivity contribution in [1.29, 1.82) is 0 Å². The van der Waals surface area contributed by atoms with Crippen LogP contribution in [0.4, 0.5) is 10.2 Å². The summed E-state index contributed by atoms with van der Waals surface area (Å²) in [6.07, 6.45) is 3.52. The Balaban J connectivity index is 1.51. The molecule has 1 aromatic carbocycles. The molecule has 3 aromatic rings. The van der Waals surface area contributed by atoms with Crippen LogP contribution < -0.4 is 10.6 Å². The van der Waals surface area contributed by atoms with Gasteiger partial charge in [-0.05, 0) is 42.7 Å². The second kappa shape index (κ2) is 9.55. The number of nitrogens with zero attached hydrogens (tertiary/aromatic N) is 2. The molecule has 1 fully saturated rings. The maximum atomic E-state index is 13.8. The van der Waals surface area contributed by atoms with Crippen LogP contribution in [0.15, 0.2) is 42.6 Å². The number of aromatic nitrogens is 2. The van der Waals surface area contributed by atoms with Gasteiger partial charge in [0.15, 0.2) is 0 Å². The van der Waals surface area contributed by atoms with E-state index in [1.807, 2.05) is 0 Å². The molecule has 0 spiro atoms. The monoisotopic (exact) mass is 444 g/mol. The number of amides is 1. The second-order valence-corrected chi connectivity index (χ2v) is 7.78. The number of rotatable bonds is 6. The number of pyridine rings is 2. The van der Waals surface area contributed by atoms with Gasteiger partial charge >= 0.3 is 0 Å². The van der Waals surface area contributed by atoms with Gasteiger partial charge in [-0.15, -0.1) is 0 Å². The summed E-state index contributed by atoms with van der Waals surface area (Å²) >= 11 is 5.71. The van der Waals surface area contributed by atoms with Crippen molar-refractivity contribution in [3.05, 3.63) is 64.7 Å². The Labute approximate surface area is 183 Å². The predicted octanol–water partition coefficient (Wildman–Crippen LogP) is 3.48. The van der Waals surface area contributed by atoms with Crippen molar-refractivity contribution in [3.63, 3.8) is 0 Å². The van der Waals surface area contributed by atoms with Crippen LogP contribution in [0.5, 0.6) is 0 Å². The first-order chi connectivity index (χ1) is 15.0. The van der Waals surface area contributed by atoms with Crippen LogP contribution >= 0.6 is 11.6 Å². The van der Waals surface area contributed by atoms with E-state index in [-0.39, 0.29) is 16.8 Å². The lowest BCUT2D eigenvalue weighted by molar-refractivity contribution is 0.0902. The van der Waals surface area contributed by atoms with Crippen molar-refractivity contribution in [2.24, 2.45) is 0 Å². The van der Waals surface area contributed by atoms with Crippen LogP contribution in [0.25, 0.3) is 10.9 Å². The van der Waals surface area contributed by atoms with Crippen molar-refractivity contribution in [2.75, 3.05) is 25.1 Å². The fourth-order valence-corrected chi connectivity index (χ4v) is 3.59. The zero-order valence-corrected chi connectivity index (χ0v) is 17.4. The number of carbonyl (C=O) groups excluding carboxylic acids is 1. The van der Waals surface area contributed by atoms with Crippen molar-refractivity contribution in [3.8, 4) is 0 Å². The number of ether oxygens (including phenoxy) is 1. The zero-order chi connectivity index (χ0) is 21.8. The minimum atomic E-state index is -0.792. The fourth-order valence-electron chi connectivity index (χ4n) is 3.47. The molecule has 162 valence electrons. The van der Waals surface area contributed by atoms with E-state index >= 15 is 0 Å². The highest BCUT2D eigenvalue weighted by Crippen LogP contribution is 2.22. The highest BCUT2D eigenvalue weighted by Gasteiger charge is 2.18. The number of hydrogen-bond donors (Lipinski definition) is 3. The van der Waals surface area contributed by atoms with Gasteiger partial charge in [-0.1, -0.05) is 17.7 Å². The molecule has 1 aliphatic heterocycles. The minimum Gasteiger partial charge on any atom is -0.394 e. The number of aliphatic hydroxyl groups is 1. The Morgan fingerprint density at radius 2 is 2.06 bits per heavy atom. The third kappa shape index (κ3) is 5.10. The van der Waals surface area contributed by atoms with E-state index in [1.54, 1.807) is 30.5 Å². The quantitative estimate of drug-likeness (QED) is 0.538. The molecule has 9 heteroatoms. The zero-order valence-electron chi connectivity index (χ0n) is 16.6. The smallest absolute Gasteiger partial charge is 0.270 e. The Hall–Kier alpha value is -2.81. The molecule has 3 N–H and O–H groups in total. The first kappa shape index (κ1) is 21.4. The van der Waals surface area contributed by atoms with E-state index in [0.717, 1.165) is 31.4 Å². The fraction of sp³-hybridized carbons (Fsp3) is 0.318. The van der Waals surface area contributed by atoms with E-state index in [1.165, 1.54) is 12.1 Å². The van der Waals surface area contributed by atoms with Gasteiger partial charge < -0.3 is 20.5 Å². The van der Waals surface area contributed by atoms with Crippen LogP contribution in [0, 0.1) is 5.82 Å². The number of nitrogens with one attached hydrogen (secondary N) is 2. The number of aliphatic hydroxyl groups excluding tert-OH is 1. The van der Waals surface area contributed by atoms with Gasteiger partial charge in [-0.2, -0.15) is 0 Å². The van der Waals surface area contributed by atoms with Crippen molar-refractivity contribution < 1.29 is 19.0 Å². The SMILES string of the molecule is O=C(N[C@H](CO)c1ccc(Cl)c(F)c1)c1ccc2cnc(NC3CCOCC3)cc2n1. The first-order valence-electron chi connectivity index (χ1n) is 10.0. The average molecular weight is 445 g/mol. The maximum Gasteiger partial charge on any atom is 0.270 e. The molecule has 1 amide bonds. The summed E-state index contributed by atoms with van der Waals surface area (Å²) in [5, 5.41) is 16.5. The predicted molar refractivity (Wildman–Crippen MR) is 116 cm³/mol. The Morgan fingerprint density at radius 3 is 2.81 bits per heavy atom. The maximum absolute atomic E-state index is 13.8. The summed E-state index contributed by atoms with van der Waals surface area (Å²) in [6.45, 7) is 1.04. The topological polar surface area (TPSA) is 96.4 Å². The van der Waals surface area contributed by atoms with E-state index in [9.17, 15) is 14.3 Å². The van der Waals surface area contributed by atoms with Crippen LogP contribution in [0.3, 0.4) is 0 Å². The third-order valence-electron chi connectivity index (χ3n) is 5.21. The standard InChI is InChI=1S/C22H22ClFN4O3/c23-16-3-1-13(9-17(16)24)20(12-29)28-22(30)18-4-2-14-11-25-21(10-19(14)27-18)26-15-5-7-31-8-6-15/h1-4,9-11,15,20,29H,5-8,12H2,(H,25,26)(H,28,30)/t20-/m1/s1. The van der Waals surface area contributed by atoms with Gasteiger partial charge in [0.2, 0.25) is 0 Å². The summed E-state index contributed by atoms with van der Waals surface area (Å²) in [4.78, 5) is 21.6. The van der Waals surface area contributed by atoms with E-state index in [0.29, 0.717) is 16.9 Å². The third-order valence-corrected chi connectivity index (χ3v) is 5.52. The van der Waals surface area contributed by atoms with Gasteiger partial charge in [0.05, 0.1) is 23.2 Å². The lowest BCUT2D eigenvalue weighted by Gasteiger charge is -2.23. The summed E-state index contributed by atoms with van der Waals surface area (Å²) in [5.74, 6) is -0.408. The van der Waals surface area contributed by atoms with Crippen LogP contribution in [0.1, 0.15) is 34.9 Å². The highest BCUT2D eigenvalue weighted by atomic mass is 35.5. The molecule has 2 aromatic heterocycles. The Morgan fingerprint density at radius 1 is 1.26 bits per heavy atom. The summed E-state index contributed by atoms with van der Waals surface area (Å²) < 4.78 is 19.1. The second-order valence-electron chi connectivity index (χ2n) is 7.37. The molecule has 1 aliphatic rings. The minimum absolute atomic E-state index is 0.0262. The summed E-state index contributed by atoms with van der Waals surface area (Å²) in [6, 6.07) is 8.78. The molecule has 0 bridgehead atoms. The lowest BCUT2D eigenvalue weighted by atomic mass is 10.1. The van der Waals surface area contributed by atoms with Crippen molar-refractivity contribution in [2.45, 2.75) is 24.9 Å². The van der Waals surface area contributed by atoms with E-state index < -0.39 is 24.4 Å². The molecule has 31 heavy (non-hydrogen) atoms. The molecular formula is C22H22ClFN4O3. The number of carbonyl (C=O) groups is 1. The molecule has 0 radical (unpaired) electrons. The molecule has 0 aliphatic carbocycles. The van der Waals surface area contributed by atoms with E-state index in [2.05, 4.69) is 20.6 Å². The Bertz CT molecular complexity index is 1090. The largest absolute Gasteiger partial charge is 0.394 e. The number of anilines is 1. The highest BCUT2D eigenvalue weighted by molar-refractivity contribution is 6.30. The van der Waals surface area contributed by atoms with Gasteiger partial charge in [0, 0.05) is 36.9 Å². The number of benzene rings is 1. The van der Waals surface area contributed by atoms with Crippen molar-refractivity contribution >= 4 is 34.2 Å².